The van der Waals surface area contributed by atoms with Crippen LogP contribution < -0.4 is 5.32 Å². The molecule has 164 valence electrons. The normalized spacial score (nSPS) is 16.9. The molecule has 1 aliphatic heterocycles. The van der Waals surface area contributed by atoms with E-state index in [0.717, 1.165) is 45.2 Å². The summed E-state index contributed by atoms with van der Waals surface area (Å²) < 4.78 is 23.0. The number of hydrogen-bond acceptors (Lipinski definition) is 4. The molecule has 0 bridgehead atoms. The van der Waals surface area contributed by atoms with Crippen molar-refractivity contribution in [3.8, 4) is 0 Å². The summed E-state index contributed by atoms with van der Waals surface area (Å²) in [6.45, 7) is 14.7. The molecular formula is C22H38N4O2S. The molecule has 0 radical (unpaired) electrons. The fourth-order valence-corrected chi connectivity index (χ4v) is 4.37. The van der Waals surface area contributed by atoms with Crippen LogP contribution in [0, 0.1) is 12.3 Å². The predicted octanol–water partition coefficient (Wildman–Crippen LogP) is 2.54. The zero-order valence-electron chi connectivity index (χ0n) is 18.7. The van der Waals surface area contributed by atoms with Crippen molar-refractivity contribution in [3.63, 3.8) is 0 Å². The van der Waals surface area contributed by atoms with Crippen LogP contribution in [0.2, 0.25) is 0 Å². The maximum atomic E-state index is 11.5. The molecule has 1 aromatic carbocycles. The third-order valence-electron chi connectivity index (χ3n) is 5.30. The van der Waals surface area contributed by atoms with E-state index in [9.17, 15) is 8.42 Å². The molecule has 0 atom stereocenters. The molecule has 6 nitrogen and oxygen atoms in total. The third kappa shape index (κ3) is 8.74. The number of hydrogen-bond donors (Lipinski definition) is 1. The first kappa shape index (κ1) is 23.7. The van der Waals surface area contributed by atoms with Crippen molar-refractivity contribution in [3.05, 3.63) is 35.4 Å². The molecule has 0 aliphatic carbocycles. The van der Waals surface area contributed by atoms with Gasteiger partial charge in [0.1, 0.15) is 9.84 Å². The van der Waals surface area contributed by atoms with E-state index in [1.54, 1.807) is 0 Å². The van der Waals surface area contributed by atoms with Crippen molar-refractivity contribution >= 4 is 15.8 Å². The van der Waals surface area contributed by atoms with Crippen LogP contribution in [0.5, 0.6) is 0 Å². The first-order chi connectivity index (χ1) is 13.6. The maximum absolute atomic E-state index is 11.5. The lowest BCUT2D eigenvalue weighted by molar-refractivity contribution is 0.172. The van der Waals surface area contributed by atoms with Gasteiger partial charge in [0.25, 0.3) is 0 Å². The SMILES string of the molecule is CCNC(=NCC(C)(C)CCS(C)(=O)=O)N1CCN(Cc2cccc(C)c2)CC1. The van der Waals surface area contributed by atoms with Crippen molar-refractivity contribution in [2.75, 3.05) is 51.3 Å². The van der Waals surface area contributed by atoms with Gasteiger partial charge >= 0.3 is 0 Å². The number of rotatable bonds is 8. The van der Waals surface area contributed by atoms with Crippen LogP contribution >= 0.6 is 0 Å². The highest BCUT2D eigenvalue weighted by Gasteiger charge is 2.23. The van der Waals surface area contributed by atoms with Crippen molar-refractivity contribution in [2.45, 2.75) is 40.7 Å². The van der Waals surface area contributed by atoms with Gasteiger partial charge in [-0.05, 0) is 31.2 Å². The van der Waals surface area contributed by atoms with Gasteiger partial charge in [-0.3, -0.25) is 9.89 Å². The molecule has 2 rings (SSSR count). The Kier molecular flexibility index (Phi) is 8.52. The average Bonchev–Trinajstić information content (AvgIpc) is 2.64. The molecule has 0 unspecified atom stereocenters. The van der Waals surface area contributed by atoms with E-state index in [1.165, 1.54) is 17.4 Å². The summed E-state index contributed by atoms with van der Waals surface area (Å²) in [6.07, 6.45) is 1.92. The van der Waals surface area contributed by atoms with E-state index < -0.39 is 9.84 Å². The van der Waals surface area contributed by atoms with Gasteiger partial charge < -0.3 is 10.2 Å². The zero-order chi connectivity index (χ0) is 21.5. The van der Waals surface area contributed by atoms with Gasteiger partial charge in [-0.15, -0.1) is 0 Å². The molecule has 0 aromatic heterocycles. The first-order valence-corrected chi connectivity index (χ1v) is 12.6. The topological polar surface area (TPSA) is 65.0 Å². The van der Waals surface area contributed by atoms with E-state index in [0.29, 0.717) is 13.0 Å². The highest BCUT2D eigenvalue weighted by atomic mass is 32.2. The molecule has 0 amide bonds. The Balaban J connectivity index is 1.91. The average molecular weight is 423 g/mol. The number of nitrogens with one attached hydrogen (secondary N) is 1. The minimum absolute atomic E-state index is 0.142. The summed E-state index contributed by atoms with van der Waals surface area (Å²) in [6, 6.07) is 8.72. The number of benzene rings is 1. The summed E-state index contributed by atoms with van der Waals surface area (Å²) in [5.74, 6) is 1.15. The van der Waals surface area contributed by atoms with Crippen LogP contribution in [0.25, 0.3) is 0 Å². The molecule has 1 saturated heterocycles. The van der Waals surface area contributed by atoms with Crippen molar-refractivity contribution < 1.29 is 8.42 Å². The number of aliphatic imine (C=N–C) groups is 1. The molecule has 1 aromatic rings. The number of guanidine groups is 1. The second-order valence-electron chi connectivity index (χ2n) is 8.97. The standard InChI is InChI=1S/C22H38N4O2S/c1-6-23-21(24-18-22(3,4)10-15-29(5,27)28)26-13-11-25(12-14-26)17-20-9-7-8-19(2)16-20/h7-9,16H,6,10-15,17-18H2,1-5H3,(H,23,24). The van der Waals surface area contributed by atoms with E-state index in [-0.39, 0.29) is 11.2 Å². The Morgan fingerprint density at radius 3 is 2.48 bits per heavy atom. The van der Waals surface area contributed by atoms with Crippen LogP contribution in [0.15, 0.2) is 29.3 Å². The van der Waals surface area contributed by atoms with E-state index in [2.05, 4.69) is 67.1 Å². The number of aryl methyl sites for hydroxylation is 1. The van der Waals surface area contributed by atoms with Crippen LogP contribution in [0.3, 0.4) is 0 Å². The van der Waals surface area contributed by atoms with Gasteiger partial charge in [-0.1, -0.05) is 43.7 Å². The smallest absolute Gasteiger partial charge is 0.194 e. The minimum atomic E-state index is -2.94. The van der Waals surface area contributed by atoms with Crippen molar-refractivity contribution in [2.24, 2.45) is 10.4 Å². The van der Waals surface area contributed by atoms with Crippen LogP contribution in [0.4, 0.5) is 0 Å². The van der Waals surface area contributed by atoms with Crippen LogP contribution in [0.1, 0.15) is 38.3 Å². The van der Waals surface area contributed by atoms with Gasteiger partial charge in [-0.2, -0.15) is 0 Å². The Morgan fingerprint density at radius 1 is 1.21 bits per heavy atom. The summed E-state index contributed by atoms with van der Waals surface area (Å²) in [5.41, 5.74) is 2.53. The summed E-state index contributed by atoms with van der Waals surface area (Å²) in [4.78, 5) is 9.66. The highest BCUT2D eigenvalue weighted by molar-refractivity contribution is 7.90. The van der Waals surface area contributed by atoms with Gasteiger partial charge in [0, 0.05) is 52.1 Å². The molecule has 0 spiro atoms. The minimum Gasteiger partial charge on any atom is -0.357 e. The fraction of sp³-hybridized carbons (Fsp3) is 0.682. The fourth-order valence-electron chi connectivity index (χ4n) is 3.44. The molecule has 1 fully saturated rings. The summed E-state index contributed by atoms with van der Waals surface area (Å²) in [5, 5.41) is 3.41. The molecule has 7 heteroatoms. The molecule has 0 saturated carbocycles. The quantitative estimate of drug-likeness (QED) is 0.515. The van der Waals surface area contributed by atoms with Crippen LogP contribution in [-0.4, -0.2) is 75.5 Å². The molecule has 1 aliphatic rings. The zero-order valence-corrected chi connectivity index (χ0v) is 19.6. The Morgan fingerprint density at radius 2 is 1.90 bits per heavy atom. The number of sulfone groups is 1. The lowest BCUT2D eigenvalue weighted by atomic mass is 9.90. The maximum Gasteiger partial charge on any atom is 0.194 e. The van der Waals surface area contributed by atoms with Crippen molar-refractivity contribution in [1.29, 1.82) is 0 Å². The predicted molar refractivity (Wildman–Crippen MR) is 122 cm³/mol. The first-order valence-electron chi connectivity index (χ1n) is 10.6. The van der Waals surface area contributed by atoms with Gasteiger partial charge in [0.15, 0.2) is 5.96 Å². The third-order valence-corrected chi connectivity index (χ3v) is 6.25. The second-order valence-corrected chi connectivity index (χ2v) is 11.2. The lowest BCUT2D eigenvalue weighted by Crippen LogP contribution is -2.52. The van der Waals surface area contributed by atoms with Crippen molar-refractivity contribution in [1.82, 2.24) is 15.1 Å². The molecular weight excluding hydrogens is 384 g/mol. The van der Waals surface area contributed by atoms with E-state index in [1.807, 2.05) is 0 Å². The highest BCUT2D eigenvalue weighted by Crippen LogP contribution is 2.21. The molecule has 29 heavy (non-hydrogen) atoms. The van der Waals surface area contributed by atoms with E-state index in [4.69, 9.17) is 4.99 Å². The summed E-state index contributed by atoms with van der Waals surface area (Å²) in [7, 11) is -2.94. The van der Waals surface area contributed by atoms with Gasteiger partial charge in [0.2, 0.25) is 0 Å². The Hall–Kier alpha value is -1.60. The number of nitrogens with zero attached hydrogens (tertiary/aromatic N) is 3. The molecule has 1 heterocycles. The second kappa shape index (κ2) is 10.4. The largest absolute Gasteiger partial charge is 0.357 e. The Labute approximate surface area is 177 Å². The van der Waals surface area contributed by atoms with E-state index >= 15 is 0 Å². The Bertz CT molecular complexity index is 782. The van der Waals surface area contributed by atoms with Crippen LogP contribution in [-0.2, 0) is 16.4 Å². The lowest BCUT2D eigenvalue weighted by Gasteiger charge is -2.37. The van der Waals surface area contributed by atoms with Gasteiger partial charge in [0.05, 0.1) is 5.75 Å². The summed E-state index contributed by atoms with van der Waals surface area (Å²) >= 11 is 0. The number of piperazine rings is 1. The monoisotopic (exact) mass is 422 g/mol. The molecule has 1 N–H and O–H groups in total. The van der Waals surface area contributed by atoms with Gasteiger partial charge in [-0.25, -0.2) is 8.42 Å².